The molecule has 0 heteroatoms. The summed E-state index contributed by atoms with van der Waals surface area (Å²) in [4.78, 5) is 0. The van der Waals surface area contributed by atoms with Crippen molar-refractivity contribution in [3.63, 3.8) is 0 Å². The molecule has 0 atom stereocenters. The molecule has 2 rings (SSSR count). The predicted octanol–water partition coefficient (Wildman–Crippen LogP) is 3.96. The molecule has 0 saturated heterocycles. The Morgan fingerprint density at radius 3 is 2.29 bits per heavy atom. The topological polar surface area (TPSA) is 0 Å². The van der Waals surface area contributed by atoms with Gasteiger partial charge in [-0.1, -0.05) is 30.4 Å². The molecule has 1 aromatic carbocycles. The first-order chi connectivity index (χ1) is 6.68. The fraction of sp³-hybridized carbons (Fsp3) is 0.286. The Balaban J connectivity index is 2.53. The second kappa shape index (κ2) is 3.45. The highest BCUT2D eigenvalue weighted by atomic mass is 14.1. The first-order valence-electron chi connectivity index (χ1n) is 5.13. The summed E-state index contributed by atoms with van der Waals surface area (Å²) in [6, 6.07) is 4.57. The average molecular weight is 184 g/mol. The summed E-state index contributed by atoms with van der Waals surface area (Å²) >= 11 is 0. The van der Waals surface area contributed by atoms with Gasteiger partial charge in [-0.05, 0) is 55.0 Å². The van der Waals surface area contributed by atoms with E-state index in [1.807, 2.05) is 0 Å². The van der Waals surface area contributed by atoms with Gasteiger partial charge in [0.15, 0.2) is 0 Å². The lowest BCUT2D eigenvalue weighted by Crippen LogP contribution is -1.90. The third kappa shape index (κ3) is 1.52. The molecular formula is C14H16. The minimum Gasteiger partial charge on any atom is -0.0801 e. The lowest BCUT2D eigenvalue weighted by molar-refractivity contribution is 1.28. The highest BCUT2D eigenvalue weighted by Crippen LogP contribution is 2.26. The Labute approximate surface area is 86.0 Å². The fourth-order valence-corrected chi connectivity index (χ4v) is 1.93. The van der Waals surface area contributed by atoms with Crippen molar-refractivity contribution in [2.24, 2.45) is 0 Å². The maximum Gasteiger partial charge on any atom is -0.0155 e. The Morgan fingerprint density at radius 1 is 0.929 bits per heavy atom. The molecular weight excluding hydrogens is 168 g/mol. The van der Waals surface area contributed by atoms with Crippen LogP contribution in [0.3, 0.4) is 0 Å². The zero-order valence-electron chi connectivity index (χ0n) is 9.09. The van der Waals surface area contributed by atoms with E-state index in [-0.39, 0.29) is 0 Å². The van der Waals surface area contributed by atoms with Crippen LogP contribution in [0, 0.1) is 20.8 Å². The summed E-state index contributed by atoms with van der Waals surface area (Å²) in [6.45, 7) is 6.54. The lowest BCUT2D eigenvalue weighted by atomic mass is 9.96. The van der Waals surface area contributed by atoms with Gasteiger partial charge in [-0.15, -0.1) is 0 Å². The first-order valence-corrected chi connectivity index (χ1v) is 5.13. The molecule has 0 heterocycles. The molecule has 0 bridgehead atoms. The highest BCUT2D eigenvalue weighted by molar-refractivity contribution is 5.78. The number of aryl methyl sites for hydroxylation is 3. The molecule has 0 fully saturated rings. The van der Waals surface area contributed by atoms with Crippen LogP contribution in [0.5, 0.6) is 0 Å². The monoisotopic (exact) mass is 184 g/mol. The Hall–Kier alpha value is -1.30. The van der Waals surface area contributed by atoms with Gasteiger partial charge in [0.1, 0.15) is 0 Å². The minimum atomic E-state index is 1.09. The molecule has 0 N–H and O–H groups in total. The van der Waals surface area contributed by atoms with Gasteiger partial charge in [0.2, 0.25) is 0 Å². The van der Waals surface area contributed by atoms with Crippen LogP contribution in [0.4, 0.5) is 0 Å². The van der Waals surface area contributed by atoms with Crippen LogP contribution in [0.25, 0.3) is 5.57 Å². The number of benzene rings is 1. The molecule has 1 aromatic rings. The van der Waals surface area contributed by atoms with Gasteiger partial charge in [0.05, 0.1) is 0 Å². The van der Waals surface area contributed by atoms with Crippen molar-refractivity contribution >= 4 is 5.57 Å². The molecule has 0 radical (unpaired) electrons. The quantitative estimate of drug-likeness (QED) is 0.620. The van der Waals surface area contributed by atoms with Crippen molar-refractivity contribution in [3.8, 4) is 0 Å². The Morgan fingerprint density at radius 2 is 1.64 bits per heavy atom. The van der Waals surface area contributed by atoms with E-state index in [4.69, 9.17) is 0 Å². The van der Waals surface area contributed by atoms with E-state index in [1.54, 1.807) is 0 Å². The summed E-state index contributed by atoms with van der Waals surface area (Å²) in [6.07, 6.45) is 7.81. The standard InChI is InChI=1S/C14H16/c1-10-8-12(3)14(9-11(10)2)13-6-4-5-7-13/h4,6-9H,5H2,1-3H3. The van der Waals surface area contributed by atoms with Crippen molar-refractivity contribution < 1.29 is 0 Å². The van der Waals surface area contributed by atoms with Crippen molar-refractivity contribution in [2.75, 3.05) is 0 Å². The number of hydrogen-bond acceptors (Lipinski definition) is 0. The highest BCUT2D eigenvalue weighted by Gasteiger charge is 2.06. The Kier molecular flexibility index (Phi) is 2.28. The van der Waals surface area contributed by atoms with Crippen LogP contribution in [0.2, 0.25) is 0 Å². The second-order valence-corrected chi connectivity index (χ2v) is 4.05. The van der Waals surface area contributed by atoms with Crippen LogP contribution in [0.15, 0.2) is 30.4 Å². The first kappa shape index (κ1) is 9.26. The molecule has 0 nitrogen and oxygen atoms in total. The molecule has 0 saturated carbocycles. The third-order valence-corrected chi connectivity index (χ3v) is 2.92. The normalized spacial score (nSPS) is 14.6. The molecule has 1 aliphatic carbocycles. The predicted molar refractivity (Wildman–Crippen MR) is 62.4 cm³/mol. The van der Waals surface area contributed by atoms with E-state index < -0.39 is 0 Å². The molecule has 0 unspecified atom stereocenters. The van der Waals surface area contributed by atoms with Gasteiger partial charge in [-0.3, -0.25) is 0 Å². The van der Waals surface area contributed by atoms with Crippen molar-refractivity contribution in [1.82, 2.24) is 0 Å². The molecule has 0 spiro atoms. The fourth-order valence-electron chi connectivity index (χ4n) is 1.93. The minimum absolute atomic E-state index is 1.09. The van der Waals surface area contributed by atoms with E-state index >= 15 is 0 Å². The lowest BCUT2D eigenvalue weighted by Gasteiger charge is -2.09. The summed E-state index contributed by atoms with van der Waals surface area (Å²) in [7, 11) is 0. The summed E-state index contributed by atoms with van der Waals surface area (Å²) in [5.74, 6) is 0. The van der Waals surface area contributed by atoms with Crippen LogP contribution >= 0.6 is 0 Å². The van der Waals surface area contributed by atoms with Crippen LogP contribution < -0.4 is 0 Å². The molecule has 0 aromatic heterocycles. The van der Waals surface area contributed by atoms with Crippen LogP contribution in [-0.2, 0) is 0 Å². The summed E-state index contributed by atoms with van der Waals surface area (Å²) in [5.41, 5.74) is 6.92. The zero-order chi connectivity index (χ0) is 10.1. The summed E-state index contributed by atoms with van der Waals surface area (Å²) in [5, 5.41) is 0. The van der Waals surface area contributed by atoms with E-state index in [9.17, 15) is 0 Å². The van der Waals surface area contributed by atoms with Crippen LogP contribution in [0.1, 0.15) is 28.7 Å². The van der Waals surface area contributed by atoms with Gasteiger partial charge in [-0.25, -0.2) is 0 Å². The Bertz CT molecular complexity index is 420. The molecule has 14 heavy (non-hydrogen) atoms. The van der Waals surface area contributed by atoms with Crippen molar-refractivity contribution in [2.45, 2.75) is 27.2 Å². The van der Waals surface area contributed by atoms with Crippen molar-refractivity contribution in [3.05, 3.63) is 52.6 Å². The third-order valence-electron chi connectivity index (χ3n) is 2.92. The summed E-state index contributed by atoms with van der Waals surface area (Å²) < 4.78 is 0. The SMILES string of the molecule is Cc1cc(C)c(C2=CCC=C2)cc1C. The van der Waals surface area contributed by atoms with Gasteiger partial charge < -0.3 is 0 Å². The molecule has 1 aliphatic rings. The van der Waals surface area contributed by atoms with Crippen LogP contribution in [-0.4, -0.2) is 0 Å². The van der Waals surface area contributed by atoms with E-state index in [0.717, 1.165) is 6.42 Å². The van der Waals surface area contributed by atoms with E-state index in [0.29, 0.717) is 0 Å². The number of rotatable bonds is 1. The van der Waals surface area contributed by atoms with E-state index in [1.165, 1.54) is 27.8 Å². The van der Waals surface area contributed by atoms with Gasteiger partial charge in [-0.2, -0.15) is 0 Å². The maximum atomic E-state index is 2.30. The zero-order valence-corrected chi connectivity index (χ0v) is 9.09. The molecule has 72 valence electrons. The van der Waals surface area contributed by atoms with Crippen molar-refractivity contribution in [1.29, 1.82) is 0 Å². The smallest absolute Gasteiger partial charge is 0.0155 e. The van der Waals surface area contributed by atoms with Gasteiger partial charge >= 0.3 is 0 Å². The largest absolute Gasteiger partial charge is 0.0801 e. The second-order valence-electron chi connectivity index (χ2n) is 4.05. The van der Waals surface area contributed by atoms with Gasteiger partial charge in [0, 0.05) is 0 Å². The van der Waals surface area contributed by atoms with E-state index in [2.05, 4.69) is 51.1 Å². The average Bonchev–Trinajstić information content (AvgIpc) is 2.64. The molecule has 0 aliphatic heterocycles. The molecule has 0 amide bonds. The number of hydrogen-bond donors (Lipinski definition) is 0. The maximum absolute atomic E-state index is 2.30. The van der Waals surface area contributed by atoms with Gasteiger partial charge in [0.25, 0.3) is 0 Å². The number of allylic oxidation sites excluding steroid dienone is 4.